The third kappa shape index (κ3) is 8.24. The quantitative estimate of drug-likeness (QED) is 0.385. The summed E-state index contributed by atoms with van der Waals surface area (Å²) in [5, 5.41) is 12.6. The molecule has 0 aromatic heterocycles. The molecule has 1 atom stereocenters. The molecule has 0 saturated carbocycles. The molecule has 0 bridgehead atoms. The molecule has 0 radical (unpaired) electrons. The maximum Gasteiger partial charge on any atom is 0.193 e. The number of hydrogen-bond acceptors (Lipinski definition) is 2. The predicted octanol–water partition coefficient (Wildman–Crippen LogP) is 3.10. The van der Waals surface area contributed by atoms with Crippen LogP contribution in [-0.4, -0.2) is 48.8 Å². The molecule has 0 aromatic rings. The van der Waals surface area contributed by atoms with Crippen molar-refractivity contribution in [3.8, 4) is 0 Å². The molecule has 126 valence electrons. The number of likely N-dealkylation sites (tertiary alicyclic amines) is 1. The molecular formula is C16H34IN3O. The summed E-state index contributed by atoms with van der Waals surface area (Å²) in [7, 11) is 0. The number of piperidine rings is 1. The average Bonchev–Trinajstić information content (AvgIpc) is 2.45. The van der Waals surface area contributed by atoms with Gasteiger partial charge in [-0.1, -0.05) is 20.3 Å². The van der Waals surface area contributed by atoms with E-state index in [-0.39, 0.29) is 30.6 Å². The molecule has 1 rings (SSSR count). The van der Waals surface area contributed by atoms with Crippen molar-refractivity contribution in [1.29, 1.82) is 0 Å². The van der Waals surface area contributed by atoms with Gasteiger partial charge in [-0.05, 0) is 44.4 Å². The highest BCUT2D eigenvalue weighted by Crippen LogP contribution is 2.16. The van der Waals surface area contributed by atoms with Crippen LogP contribution in [0.3, 0.4) is 0 Å². The van der Waals surface area contributed by atoms with E-state index in [1.54, 1.807) is 0 Å². The number of hydrogen-bond donors (Lipinski definition) is 2. The summed E-state index contributed by atoms with van der Waals surface area (Å²) >= 11 is 0. The Balaban J connectivity index is 0.00000400. The van der Waals surface area contributed by atoms with Crippen LogP contribution in [0.5, 0.6) is 0 Å². The maximum absolute atomic E-state index is 9.14. The van der Waals surface area contributed by atoms with Gasteiger partial charge in [0.05, 0.1) is 0 Å². The van der Waals surface area contributed by atoms with E-state index in [1.807, 2.05) is 0 Å². The lowest BCUT2D eigenvalue weighted by Gasteiger charge is -2.33. The van der Waals surface area contributed by atoms with Gasteiger partial charge >= 0.3 is 0 Å². The Morgan fingerprint density at radius 2 is 1.95 bits per heavy atom. The molecule has 1 aliphatic heterocycles. The minimum absolute atomic E-state index is 0. The van der Waals surface area contributed by atoms with Gasteiger partial charge in [0.1, 0.15) is 0 Å². The molecule has 1 heterocycles. The minimum atomic E-state index is 0. The Morgan fingerprint density at radius 3 is 2.48 bits per heavy atom. The summed E-state index contributed by atoms with van der Waals surface area (Å²) in [5.74, 6) is 2.43. The lowest BCUT2D eigenvalue weighted by atomic mass is 9.99. The molecule has 1 fully saturated rings. The fraction of sp³-hybridized carbons (Fsp3) is 0.938. The lowest BCUT2D eigenvalue weighted by Crippen LogP contribution is -2.45. The first kappa shape index (κ1) is 21.0. The smallest absolute Gasteiger partial charge is 0.193 e. The van der Waals surface area contributed by atoms with E-state index in [0.29, 0.717) is 5.92 Å². The second-order valence-electron chi connectivity index (χ2n) is 6.03. The van der Waals surface area contributed by atoms with Crippen molar-refractivity contribution in [2.75, 3.05) is 32.8 Å². The van der Waals surface area contributed by atoms with Crippen LogP contribution in [-0.2, 0) is 0 Å². The zero-order valence-electron chi connectivity index (χ0n) is 14.0. The second-order valence-corrected chi connectivity index (χ2v) is 6.03. The zero-order chi connectivity index (χ0) is 14.8. The molecule has 1 aliphatic rings. The first-order valence-corrected chi connectivity index (χ1v) is 8.35. The molecule has 2 N–H and O–H groups in total. The zero-order valence-corrected chi connectivity index (χ0v) is 16.3. The van der Waals surface area contributed by atoms with E-state index in [1.165, 1.54) is 12.8 Å². The number of aliphatic hydroxyl groups excluding tert-OH is 1. The summed E-state index contributed by atoms with van der Waals surface area (Å²) in [6.45, 7) is 10.9. The highest BCUT2D eigenvalue weighted by atomic mass is 127. The number of guanidine groups is 1. The fourth-order valence-corrected chi connectivity index (χ4v) is 2.78. The average molecular weight is 411 g/mol. The van der Waals surface area contributed by atoms with Gasteiger partial charge in [0.2, 0.25) is 0 Å². The first-order valence-electron chi connectivity index (χ1n) is 8.35. The third-order valence-electron chi connectivity index (χ3n) is 4.15. The number of halogens is 1. The molecular weight excluding hydrogens is 377 g/mol. The fourth-order valence-electron chi connectivity index (χ4n) is 2.78. The van der Waals surface area contributed by atoms with Crippen molar-refractivity contribution in [3.05, 3.63) is 0 Å². The first-order chi connectivity index (χ1) is 9.71. The van der Waals surface area contributed by atoms with Crippen LogP contribution < -0.4 is 5.32 Å². The van der Waals surface area contributed by atoms with Gasteiger partial charge in [-0.2, -0.15) is 0 Å². The lowest BCUT2D eigenvalue weighted by molar-refractivity contribution is 0.251. The molecule has 4 nitrogen and oxygen atoms in total. The van der Waals surface area contributed by atoms with Crippen molar-refractivity contribution in [1.82, 2.24) is 10.2 Å². The number of aliphatic hydroxyl groups is 1. The monoisotopic (exact) mass is 411 g/mol. The summed E-state index contributed by atoms with van der Waals surface area (Å²) in [4.78, 5) is 7.21. The minimum Gasteiger partial charge on any atom is -0.396 e. The summed E-state index contributed by atoms with van der Waals surface area (Å²) in [5.41, 5.74) is 0. The van der Waals surface area contributed by atoms with Crippen molar-refractivity contribution < 1.29 is 5.11 Å². The van der Waals surface area contributed by atoms with Gasteiger partial charge < -0.3 is 15.3 Å². The van der Waals surface area contributed by atoms with Gasteiger partial charge in [0.25, 0.3) is 0 Å². The Labute approximate surface area is 147 Å². The summed E-state index contributed by atoms with van der Waals surface area (Å²) < 4.78 is 0. The summed E-state index contributed by atoms with van der Waals surface area (Å²) in [6, 6.07) is 0. The number of nitrogens with zero attached hydrogens (tertiary/aromatic N) is 2. The predicted molar refractivity (Wildman–Crippen MR) is 101 cm³/mol. The normalized spacial score (nSPS) is 18.3. The van der Waals surface area contributed by atoms with Gasteiger partial charge in [-0.15, -0.1) is 24.0 Å². The molecule has 5 heteroatoms. The number of nitrogens with one attached hydrogen (secondary N) is 1. The Bertz CT molecular complexity index is 273. The molecule has 0 amide bonds. The van der Waals surface area contributed by atoms with E-state index in [4.69, 9.17) is 10.1 Å². The van der Waals surface area contributed by atoms with Crippen LogP contribution in [0, 0.1) is 11.8 Å². The van der Waals surface area contributed by atoms with E-state index < -0.39 is 0 Å². The molecule has 0 aromatic carbocycles. The van der Waals surface area contributed by atoms with E-state index in [0.717, 1.165) is 57.3 Å². The van der Waals surface area contributed by atoms with Crippen molar-refractivity contribution in [2.45, 2.75) is 52.9 Å². The Morgan fingerprint density at radius 1 is 1.29 bits per heavy atom. The number of rotatable bonds is 7. The van der Waals surface area contributed by atoms with E-state index in [9.17, 15) is 0 Å². The molecule has 1 unspecified atom stereocenters. The van der Waals surface area contributed by atoms with Crippen LogP contribution in [0.1, 0.15) is 52.9 Å². The molecule has 0 aliphatic carbocycles. The van der Waals surface area contributed by atoms with E-state index in [2.05, 4.69) is 31.0 Å². The highest BCUT2D eigenvalue weighted by Gasteiger charge is 2.18. The Hall–Kier alpha value is -0.0400. The van der Waals surface area contributed by atoms with Crippen molar-refractivity contribution >= 4 is 29.9 Å². The second kappa shape index (κ2) is 12.5. The van der Waals surface area contributed by atoms with Gasteiger partial charge in [-0.25, -0.2) is 0 Å². The van der Waals surface area contributed by atoms with Crippen LogP contribution in [0.4, 0.5) is 0 Å². The van der Waals surface area contributed by atoms with Crippen LogP contribution in [0.2, 0.25) is 0 Å². The van der Waals surface area contributed by atoms with Crippen molar-refractivity contribution in [3.63, 3.8) is 0 Å². The van der Waals surface area contributed by atoms with Crippen LogP contribution >= 0.6 is 24.0 Å². The number of aliphatic imine (C=N–C) groups is 1. The molecule has 1 saturated heterocycles. The molecule has 21 heavy (non-hydrogen) atoms. The van der Waals surface area contributed by atoms with Crippen LogP contribution in [0.25, 0.3) is 0 Å². The summed E-state index contributed by atoms with van der Waals surface area (Å²) in [6.07, 6.45) is 5.71. The highest BCUT2D eigenvalue weighted by molar-refractivity contribution is 14.0. The molecule has 0 spiro atoms. The van der Waals surface area contributed by atoms with Gasteiger partial charge in [-0.3, -0.25) is 4.99 Å². The third-order valence-corrected chi connectivity index (χ3v) is 4.15. The van der Waals surface area contributed by atoms with Gasteiger partial charge in [0.15, 0.2) is 5.96 Å². The standard InChI is InChI=1S/C16H33N3O.HI/c1-4-6-15(9-12-20)13-18-16(17-5-2)19-10-7-14(3)8-11-19;/h14-15,20H,4-13H2,1-3H3,(H,17,18);1H. The van der Waals surface area contributed by atoms with Gasteiger partial charge in [0, 0.05) is 32.8 Å². The van der Waals surface area contributed by atoms with E-state index >= 15 is 0 Å². The maximum atomic E-state index is 9.14. The topological polar surface area (TPSA) is 47.9 Å². The largest absolute Gasteiger partial charge is 0.396 e. The SMILES string of the molecule is CCCC(CCO)CN=C(NCC)N1CCC(C)CC1.I. The van der Waals surface area contributed by atoms with Crippen molar-refractivity contribution in [2.24, 2.45) is 16.8 Å². The van der Waals surface area contributed by atoms with Crippen LogP contribution in [0.15, 0.2) is 4.99 Å². The Kier molecular flexibility index (Phi) is 12.5.